The third-order valence-corrected chi connectivity index (χ3v) is 4.36. The van der Waals surface area contributed by atoms with E-state index in [2.05, 4.69) is 10.3 Å². The third-order valence-electron chi connectivity index (χ3n) is 4.36. The maximum atomic E-state index is 13.5. The van der Waals surface area contributed by atoms with Crippen molar-refractivity contribution in [3.8, 4) is 0 Å². The lowest BCUT2D eigenvalue weighted by Gasteiger charge is -2.21. The molecule has 0 aliphatic carbocycles. The molecular formula is C20H27F3N4O2. The van der Waals surface area contributed by atoms with Crippen LogP contribution in [0.2, 0.25) is 0 Å². The Morgan fingerprint density at radius 3 is 2.21 bits per heavy atom. The SMILES string of the molecule is CCCCN(CCCC)OC=C1N=C(C(F)(F)F)N(c2ccc(NC)cc2)C1=O. The number of nitrogens with one attached hydrogen (secondary N) is 1. The van der Waals surface area contributed by atoms with E-state index in [9.17, 15) is 18.0 Å². The standard InChI is InChI=1S/C20H27F3N4O2/c1-4-6-12-26(13-7-5-2)29-14-17-18(28)27(19(25-17)20(21,22)23)16-10-8-15(24-3)9-11-16/h8-11,14,24H,4-7,12-13H2,1-3H3. The van der Waals surface area contributed by atoms with E-state index in [0.29, 0.717) is 23.7 Å². The van der Waals surface area contributed by atoms with Crippen LogP contribution < -0.4 is 10.2 Å². The van der Waals surface area contributed by atoms with Crippen LogP contribution in [0.5, 0.6) is 0 Å². The highest BCUT2D eigenvalue weighted by Crippen LogP contribution is 2.32. The molecule has 6 nitrogen and oxygen atoms in total. The summed E-state index contributed by atoms with van der Waals surface area (Å²) in [7, 11) is 1.69. The van der Waals surface area contributed by atoms with Crippen LogP contribution in [-0.4, -0.2) is 43.1 Å². The second-order valence-corrected chi connectivity index (χ2v) is 6.62. The molecule has 1 heterocycles. The van der Waals surface area contributed by atoms with E-state index in [4.69, 9.17) is 4.84 Å². The molecule has 29 heavy (non-hydrogen) atoms. The molecule has 0 spiro atoms. The summed E-state index contributed by atoms with van der Waals surface area (Å²) in [5, 5.41) is 4.53. The fourth-order valence-corrected chi connectivity index (χ4v) is 2.72. The van der Waals surface area contributed by atoms with Crippen LogP contribution in [0.25, 0.3) is 0 Å². The Hall–Kier alpha value is -2.55. The summed E-state index contributed by atoms with van der Waals surface area (Å²) in [4.78, 5) is 22.3. The number of aliphatic imine (C=N–C) groups is 1. The molecular weight excluding hydrogens is 385 g/mol. The first-order valence-electron chi connectivity index (χ1n) is 9.71. The number of nitrogens with zero attached hydrogens (tertiary/aromatic N) is 3. The molecule has 0 saturated carbocycles. The van der Waals surface area contributed by atoms with Gasteiger partial charge < -0.3 is 10.2 Å². The number of unbranched alkanes of at least 4 members (excludes halogenated alkanes) is 2. The molecule has 0 bridgehead atoms. The Labute approximate surface area is 169 Å². The molecule has 1 aromatic carbocycles. The summed E-state index contributed by atoms with van der Waals surface area (Å²) in [5.74, 6) is -2.15. The second-order valence-electron chi connectivity index (χ2n) is 6.62. The van der Waals surface area contributed by atoms with Gasteiger partial charge in [0, 0.05) is 25.8 Å². The van der Waals surface area contributed by atoms with Crippen LogP contribution in [-0.2, 0) is 9.63 Å². The highest BCUT2D eigenvalue weighted by molar-refractivity contribution is 6.28. The van der Waals surface area contributed by atoms with Gasteiger partial charge in [0.05, 0.1) is 5.69 Å². The van der Waals surface area contributed by atoms with Crippen LogP contribution in [0.4, 0.5) is 24.5 Å². The Bertz CT molecular complexity index is 737. The Morgan fingerprint density at radius 2 is 1.72 bits per heavy atom. The van der Waals surface area contributed by atoms with Gasteiger partial charge in [0.1, 0.15) is 6.26 Å². The van der Waals surface area contributed by atoms with Gasteiger partial charge in [0.15, 0.2) is 5.70 Å². The van der Waals surface area contributed by atoms with Crippen LogP contribution in [0.1, 0.15) is 39.5 Å². The molecule has 0 atom stereocenters. The predicted molar refractivity (Wildman–Crippen MR) is 108 cm³/mol. The molecule has 0 fully saturated rings. The number of amidine groups is 1. The molecule has 0 aromatic heterocycles. The normalized spacial score (nSPS) is 16.0. The van der Waals surface area contributed by atoms with Gasteiger partial charge in [-0.1, -0.05) is 26.7 Å². The van der Waals surface area contributed by atoms with Crippen molar-refractivity contribution in [1.29, 1.82) is 0 Å². The number of hydrogen-bond acceptors (Lipinski definition) is 5. The molecule has 1 aliphatic heterocycles. The first-order chi connectivity index (χ1) is 13.8. The van der Waals surface area contributed by atoms with E-state index in [-0.39, 0.29) is 11.4 Å². The maximum Gasteiger partial charge on any atom is 0.450 e. The van der Waals surface area contributed by atoms with Gasteiger partial charge in [-0.3, -0.25) is 9.69 Å². The van der Waals surface area contributed by atoms with E-state index < -0.39 is 17.9 Å². The van der Waals surface area contributed by atoms with Crippen LogP contribution in [0.3, 0.4) is 0 Å². The van der Waals surface area contributed by atoms with E-state index in [1.807, 2.05) is 13.8 Å². The fourth-order valence-electron chi connectivity index (χ4n) is 2.72. The van der Waals surface area contributed by atoms with Crippen LogP contribution >= 0.6 is 0 Å². The van der Waals surface area contributed by atoms with Crippen molar-refractivity contribution in [2.75, 3.05) is 30.4 Å². The number of rotatable bonds is 10. The van der Waals surface area contributed by atoms with Gasteiger partial charge >= 0.3 is 6.18 Å². The lowest BCUT2D eigenvalue weighted by Crippen LogP contribution is -2.41. The molecule has 9 heteroatoms. The number of carbonyl (C=O) groups is 1. The monoisotopic (exact) mass is 412 g/mol. The Balaban J connectivity index is 2.27. The van der Waals surface area contributed by atoms with Gasteiger partial charge in [-0.25, -0.2) is 4.99 Å². The van der Waals surface area contributed by atoms with E-state index in [0.717, 1.165) is 31.9 Å². The summed E-state index contributed by atoms with van der Waals surface area (Å²) < 4.78 is 40.5. The first kappa shape index (κ1) is 22.7. The summed E-state index contributed by atoms with van der Waals surface area (Å²) in [6.45, 7) is 5.32. The van der Waals surface area contributed by atoms with Gasteiger partial charge in [0.25, 0.3) is 5.91 Å². The zero-order chi connectivity index (χ0) is 21.4. The van der Waals surface area contributed by atoms with Gasteiger partial charge in [-0.05, 0) is 37.1 Å². The lowest BCUT2D eigenvalue weighted by molar-refractivity contribution is -0.117. The van der Waals surface area contributed by atoms with Crippen molar-refractivity contribution < 1.29 is 22.8 Å². The molecule has 0 radical (unpaired) electrons. The minimum atomic E-state index is -4.78. The quantitative estimate of drug-likeness (QED) is 0.344. The van der Waals surface area contributed by atoms with Gasteiger partial charge in [-0.2, -0.15) is 13.2 Å². The van der Waals surface area contributed by atoms with Crippen molar-refractivity contribution in [2.45, 2.75) is 45.7 Å². The van der Waals surface area contributed by atoms with Crippen molar-refractivity contribution in [1.82, 2.24) is 5.06 Å². The molecule has 2 rings (SSSR count). The Morgan fingerprint density at radius 1 is 1.14 bits per heavy atom. The minimum absolute atomic E-state index is 0.0855. The third kappa shape index (κ3) is 5.96. The van der Waals surface area contributed by atoms with Crippen molar-refractivity contribution in [3.63, 3.8) is 0 Å². The Kier molecular flexibility index (Phi) is 8.07. The smallest absolute Gasteiger partial charge is 0.411 e. The molecule has 0 saturated heterocycles. The molecule has 160 valence electrons. The van der Waals surface area contributed by atoms with Crippen LogP contribution in [0, 0.1) is 0 Å². The number of carbonyl (C=O) groups excluding carboxylic acids is 1. The number of hydrogen-bond donors (Lipinski definition) is 1. The zero-order valence-electron chi connectivity index (χ0n) is 16.9. The highest BCUT2D eigenvalue weighted by atomic mass is 19.4. The summed E-state index contributed by atoms with van der Waals surface area (Å²) in [5.41, 5.74) is 0.419. The van der Waals surface area contributed by atoms with E-state index in [1.165, 1.54) is 12.1 Å². The number of benzene rings is 1. The van der Waals surface area contributed by atoms with Crippen molar-refractivity contribution >= 4 is 23.1 Å². The molecule has 0 unspecified atom stereocenters. The largest absolute Gasteiger partial charge is 0.450 e. The number of hydroxylamine groups is 2. The number of halogens is 3. The summed E-state index contributed by atoms with van der Waals surface area (Å²) in [6.07, 6.45) is -0.107. The minimum Gasteiger partial charge on any atom is -0.411 e. The summed E-state index contributed by atoms with van der Waals surface area (Å²) >= 11 is 0. The highest BCUT2D eigenvalue weighted by Gasteiger charge is 2.48. The van der Waals surface area contributed by atoms with Crippen LogP contribution in [0.15, 0.2) is 41.2 Å². The average Bonchev–Trinajstić information content (AvgIpc) is 3.04. The molecule has 1 aliphatic rings. The number of anilines is 2. The van der Waals surface area contributed by atoms with Crippen molar-refractivity contribution in [3.05, 3.63) is 36.2 Å². The van der Waals surface area contributed by atoms with Gasteiger partial charge in [-0.15, -0.1) is 5.06 Å². The van der Waals surface area contributed by atoms with E-state index >= 15 is 0 Å². The topological polar surface area (TPSA) is 57.2 Å². The maximum absolute atomic E-state index is 13.5. The average molecular weight is 412 g/mol. The van der Waals surface area contributed by atoms with Crippen molar-refractivity contribution in [2.24, 2.45) is 4.99 Å². The molecule has 1 N–H and O–H groups in total. The number of alkyl halides is 3. The molecule has 1 amide bonds. The fraction of sp³-hybridized carbons (Fsp3) is 0.500. The first-order valence-corrected chi connectivity index (χ1v) is 9.71. The number of amides is 1. The zero-order valence-corrected chi connectivity index (χ0v) is 16.9. The second kappa shape index (κ2) is 10.3. The summed E-state index contributed by atoms with van der Waals surface area (Å²) in [6, 6.07) is 6.05. The molecule has 1 aromatic rings. The predicted octanol–water partition coefficient (Wildman–Crippen LogP) is 4.71. The van der Waals surface area contributed by atoms with E-state index in [1.54, 1.807) is 24.2 Å². The lowest BCUT2D eigenvalue weighted by atomic mass is 10.2. The van der Waals surface area contributed by atoms with Gasteiger partial charge in [0.2, 0.25) is 5.84 Å².